The molecule has 24 heavy (non-hydrogen) atoms. The van der Waals surface area contributed by atoms with Crippen molar-refractivity contribution in [3.05, 3.63) is 42.1 Å². The van der Waals surface area contributed by atoms with Crippen molar-refractivity contribution >= 4 is 70.1 Å². The molecule has 0 radical (unpaired) electrons. The zero-order valence-corrected chi connectivity index (χ0v) is 22.4. The summed E-state index contributed by atoms with van der Waals surface area (Å²) in [4.78, 5) is 11.2. The molecule has 1 aromatic heterocycles. The molecule has 0 N–H and O–H groups in total. The number of aromatic nitrogens is 1. The van der Waals surface area contributed by atoms with E-state index < -0.39 is 20.1 Å². The monoisotopic (exact) mass is 614 g/mol. The van der Waals surface area contributed by atoms with E-state index in [1.165, 1.54) is 11.0 Å². The third kappa shape index (κ3) is 8.65. The van der Waals surface area contributed by atoms with E-state index in [0.29, 0.717) is 0 Å². The van der Waals surface area contributed by atoms with Gasteiger partial charge in [0, 0.05) is 26.0 Å². The Hall–Kier alpha value is 0.367. The topological polar surface area (TPSA) is 29.7 Å². The molecule has 8 heteroatoms. The van der Waals surface area contributed by atoms with Gasteiger partial charge in [-0.25, -0.2) is 0 Å². The molecule has 132 valence electrons. The Bertz CT molecular complexity index is 647. The van der Waals surface area contributed by atoms with E-state index in [-0.39, 0.29) is 0 Å². The molecule has 1 aromatic carbocycles. The van der Waals surface area contributed by atoms with E-state index >= 15 is 0 Å². The van der Waals surface area contributed by atoms with E-state index in [4.69, 9.17) is 0 Å². The van der Waals surface area contributed by atoms with Crippen LogP contribution in [0.3, 0.4) is 0 Å². The van der Waals surface area contributed by atoms with Gasteiger partial charge in [-0.3, -0.25) is 4.99 Å². The molecule has 0 saturated heterocycles. The van der Waals surface area contributed by atoms with E-state index in [0.717, 1.165) is 11.4 Å². The normalized spacial score (nSPS) is 11.5. The van der Waals surface area contributed by atoms with Crippen molar-refractivity contribution in [2.45, 2.75) is 19.6 Å². The molecule has 0 bridgehead atoms. The number of halogens is 3. The van der Waals surface area contributed by atoms with Gasteiger partial charge >= 0.3 is 51.1 Å². The summed E-state index contributed by atoms with van der Waals surface area (Å²) in [5.74, 6) is 0. The molecule has 0 fully saturated rings. The van der Waals surface area contributed by atoms with Crippen LogP contribution in [0.2, 0.25) is 19.6 Å². The van der Waals surface area contributed by atoms with Crippen molar-refractivity contribution < 1.29 is 12.0 Å². The molecule has 0 amide bonds. The molecule has 0 aliphatic heterocycles. The summed E-state index contributed by atoms with van der Waals surface area (Å²) in [6.07, 6.45) is 1.84. The first-order valence-corrected chi connectivity index (χ1v) is 25.9. The summed E-state index contributed by atoms with van der Waals surface area (Å²) in [5.41, 5.74) is 3.07. The molecule has 0 spiro atoms. The fourth-order valence-corrected chi connectivity index (χ4v) is 2.89. The number of rotatable bonds is 4. The number of anilines is 1. The van der Waals surface area contributed by atoms with Gasteiger partial charge in [0.2, 0.25) is 0 Å². The third-order valence-corrected chi connectivity index (χ3v) is 4.96. The van der Waals surface area contributed by atoms with Gasteiger partial charge in [0.25, 0.3) is 0 Å². The predicted octanol–water partition coefficient (Wildman–Crippen LogP) is 5.54. The summed E-state index contributed by atoms with van der Waals surface area (Å²) >= 11 is 8.85. The minimum absolute atomic E-state index is 0.944. The molecule has 0 unspecified atom stereocenters. The second-order valence-electron chi connectivity index (χ2n) is 6.37. The Morgan fingerprint density at radius 1 is 1.00 bits per heavy atom. The average Bonchev–Trinajstić information content (AvgIpc) is 2.94. The molecule has 0 atom stereocenters. The van der Waals surface area contributed by atoms with Crippen LogP contribution in [0.1, 0.15) is 5.69 Å². The number of hydrogen-bond donors (Lipinski definition) is 0. The van der Waals surface area contributed by atoms with Gasteiger partial charge < -0.3 is 9.88 Å². The molecule has 1 heterocycles. The average molecular weight is 617 g/mol. The SMILES string of the molecule is CN(C)c1ccc(N=Cc2ccc([Si](C)(C)C)[n-]2)cc1.[Br][Nb]([Br])[Br]. The van der Waals surface area contributed by atoms with Gasteiger partial charge in [0.15, 0.2) is 0 Å². The quantitative estimate of drug-likeness (QED) is 0.334. The molecule has 2 rings (SSSR count). The molecular formula is C16H22Br3N3NbSi-. The van der Waals surface area contributed by atoms with Gasteiger partial charge in [-0.2, -0.15) is 5.32 Å². The van der Waals surface area contributed by atoms with Crippen molar-refractivity contribution in [3.8, 4) is 0 Å². The summed E-state index contributed by atoms with van der Waals surface area (Å²) in [6.45, 7) is 6.91. The predicted molar refractivity (Wildman–Crippen MR) is 118 cm³/mol. The molecule has 0 aliphatic carbocycles. The van der Waals surface area contributed by atoms with Crippen molar-refractivity contribution in [3.63, 3.8) is 0 Å². The van der Waals surface area contributed by atoms with Gasteiger partial charge in [-0.05, 0) is 24.3 Å². The van der Waals surface area contributed by atoms with Gasteiger partial charge in [-0.1, -0.05) is 31.8 Å². The Morgan fingerprint density at radius 2 is 1.54 bits per heavy atom. The van der Waals surface area contributed by atoms with Crippen LogP contribution in [-0.4, -0.2) is 28.4 Å². The fraction of sp³-hybridized carbons (Fsp3) is 0.312. The van der Waals surface area contributed by atoms with Crippen LogP contribution in [0, 0.1) is 0 Å². The van der Waals surface area contributed by atoms with Crippen LogP contribution >= 0.6 is 39.1 Å². The number of benzene rings is 1. The van der Waals surface area contributed by atoms with Crippen LogP contribution in [0.15, 0.2) is 41.4 Å². The maximum atomic E-state index is 4.65. The first-order valence-electron chi connectivity index (χ1n) is 7.32. The van der Waals surface area contributed by atoms with Crippen molar-refractivity contribution in [2.75, 3.05) is 19.0 Å². The first-order chi connectivity index (χ1) is 11.1. The second-order valence-corrected chi connectivity index (χ2v) is 41.8. The summed E-state index contributed by atoms with van der Waals surface area (Å²) in [7, 11) is 2.74. The molecule has 2 aromatic rings. The van der Waals surface area contributed by atoms with Crippen molar-refractivity contribution in [2.24, 2.45) is 4.99 Å². The maximum absolute atomic E-state index is 4.65. The Balaban J connectivity index is 0.000000648. The fourth-order valence-electron chi connectivity index (χ4n) is 1.85. The van der Waals surface area contributed by atoms with Crippen molar-refractivity contribution in [1.29, 1.82) is 0 Å². The van der Waals surface area contributed by atoms with Crippen LogP contribution < -0.4 is 15.2 Å². The third-order valence-electron chi connectivity index (χ3n) is 3.14. The summed E-state index contributed by atoms with van der Waals surface area (Å²) < 4.78 is 0. The zero-order chi connectivity index (χ0) is 18.3. The van der Waals surface area contributed by atoms with Gasteiger partial charge in [-0.15, -0.1) is 5.69 Å². The van der Waals surface area contributed by atoms with E-state index in [1.54, 1.807) is 0 Å². The summed E-state index contributed by atoms with van der Waals surface area (Å²) in [5, 5.41) is 1.24. The molecular weight excluding hydrogens is 595 g/mol. The Morgan fingerprint density at radius 3 is 1.96 bits per heavy atom. The Labute approximate surface area is 171 Å². The summed E-state index contributed by atoms with van der Waals surface area (Å²) in [6, 6.07) is 12.4. The second kappa shape index (κ2) is 10.5. The van der Waals surface area contributed by atoms with E-state index in [9.17, 15) is 0 Å². The molecule has 0 saturated carbocycles. The van der Waals surface area contributed by atoms with Gasteiger partial charge in [0.1, 0.15) is 0 Å². The standard InChI is InChI=1S/C16H22N3Si.3BrH.Nb/c1-19(2)15-9-6-13(7-10-15)17-12-14-8-11-16(18-14)20(3,4)5;;;;/h6-12H,1-5H3;3*1H;/q-1;;;;+3/p-3. The number of hydrogen-bond acceptors (Lipinski definition) is 2. The van der Waals surface area contributed by atoms with Crippen LogP contribution in [0.5, 0.6) is 0 Å². The zero-order valence-electron chi connectivity index (χ0n) is 14.5. The number of aliphatic imine (C=N–C) groups is 1. The van der Waals surface area contributed by atoms with Crippen LogP contribution in [0.4, 0.5) is 11.4 Å². The Kier molecular flexibility index (Phi) is 9.80. The van der Waals surface area contributed by atoms with Gasteiger partial charge in [0.05, 0.1) is 13.8 Å². The van der Waals surface area contributed by atoms with Crippen LogP contribution in [0.25, 0.3) is 0 Å². The van der Waals surface area contributed by atoms with Crippen molar-refractivity contribution in [1.82, 2.24) is 4.98 Å². The van der Waals surface area contributed by atoms with Crippen LogP contribution in [-0.2, 0) is 12.0 Å². The van der Waals surface area contributed by atoms with E-state index in [2.05, 4.69) is 91.8 Å². The molecule has 0 aliphatic rings. The molecule has 3 nitrogen and oxygen atoms in total. The number of nitrogens with zero attached hydrogens (tertiary/aromatic N) is 3. The first kappa shape index (κ1) is 22.4. The minimum atomic E-state index is -1.32. The van der Waals surface area contributed by atoms with E-state index in [1.807, 2.05) is 38.5 Å².